The Morgan fingerprint density at radius 1 is 1.43 bits per heavy atom. The van der Waals surface area contributed by atoms with Crippen LogP contribution in [0.1, 0.15) is 24.3 Å². The standard InChI is InChI=1S/C15H15N3O2S/c1-11(2)17(10-14-4-3-7-21-14)13-5-6-15(18(19)20)12(8-13)9-16/h3-8,11H,10H2,1-2H3. The van der Waals surface area contributed by atoms with E-state index in [9.17, 15) is 10.1 Å². The summed E-state index contributed by atoms with van der Waals surface area (Å²) in [5.41, 5.74) is 0.760. The summed E-state index contributed by atoms with van der Waals surface area (Å²) in [7, 11) is 0. The molecule has 6 heteroatoms. The second-order valence-electron chi connectivity index (χ2n) is 4.87. The molecule has 0 radical (unpaired) electrons. The van der Waals surface area contributed by atoms with Crippen LogP contribution in [0, 0.1) is 21.4 Å². The van der Waals surface area contributed by atoms with Crippen molar-refractivity contribution in [2.45, 2.75) is 26.4 Å². The van der Waals surface area contributed by atoms with E-state index in [0.717, 1.165) is 12.2 Å². The number of thiophene rings is 1. The minimum atomic E-state index is -0.526. The quantitative estimate of drug-likeness (QED) is 0.619. The maximum atomic E-state index is 10.9. The highest BCUT2D eigenvalue weighted by atomic mass is 32.1. The predicted octanol–water partition coefficient (Wildman–Crippen LogP) is 3.94. The molecule has 0 N–H and O–H groups in total. The summed E-state index contributed by atoms with van der Waals surface area (Å²) < 4.78 is 0. The van der Waals surface area contributed by atoms with E-state index in [1.807, 2.05) is 17.5 Å². The van der Waals surface area contributed by atoms with Gasteiger partial charge in [0, 0.05) is 22.7 Å². The van der Waals surface area contributed by atoms with Crippen molar-refractivity contribution in [3.8, 4) is 6.07 Å². The van der Waals surface area contributed by atoms with Crippen molar-refractivity contribution in [3.63, 3.8) is 0 Å². The fraction of sp³-hybridized carbons (Fsp3) is 0.267. The van der Waals surface area contributed by atoms with Crippen molar-refractivity contribution in [3.05, 3.63) is 56.3 Å². The average molecular weight is 301 g/mol. The van der Waals surface area contributed by atoms with Gasteiger partial charge >= 0.3 is 0 Å². The number of nitriles is 1. The molecule has 1 aromatic heterocycles. The van der Waals surface area contributed by atoms with Crippen molar-refractivity contribution >= 4 is 22.7 Å². The van der Waals surface area contributed by atoms with Crippen LogP contribution < -0.4 is 4.90 Å². The van der Waals surface area contributed by atoms with E-state index < -0.39 is 4.92 Å². The van der Waals surface area contributed by atoms with Crippen molar-refractivity contribution in [1.82, 2.24) is 0 Å². The lowest BCUT2D eigenvalue weighted by Crippen LogP contribution is -2.29. The number of nitrogens with zero attached hydrogens (tertiary/aromatic N) is 3. The summed E-state index contributed by atoms with van der Waals surface area (Å²) in [6, 6.07) is 10.9. The van der Waals surface area contributed by atoms with Gasteiger partial charge in [-0.3, -0.25) is 10.1 Å². The first kappa shape index (κ1) is 15.0. The maximum absolute atomic E-state index is 10.9. The molecule has 0 bridgehead atoms. The molecule has 0 spiro atoms. The molecule has 0 saturated heterocycles. The highest BCUT2D eigenvalue weighted by molar-refractivity contribution is 7.09. The third-order valence-corrected chi connectivity index (χ3v) is 4.02. The van der Waals surface area contributed by atoms with E-state index in [2.05, 4.69) is 24.8 Å². The molecule has 0 fully saturated rings. The molecule has 0 aliphatic carbocycles. The molecule has 5 nitrogen and oxygen atoms in total. The van der Waals surface area contributed by atoms with Crippen LogP contribution >= 0.6 is 11.3 Å². The molecule has 21 heavy (non-hydrogen) atoms. The van der Waals surface area contributed by atoms with Gasteiger partial charge in [-0.15, -0.1) is 11.3 Å². The first-order valence-electron chi connectivity index (χ1n) is 6.50. The van der Waals surface area contributed by atoms with Gasteiger partial charge in [-0.05, 0) is 37.4 Å². The first-order valence-corrected chi connectivity index (χ1v) is 7.38. The van der Waals surface area contributed by atoms with Crippen LogP contribution in [0.2, 0.25) is 0 Å². The highest BCUT2D eigenvalue weighted by Crippen LogP contribution is 2.27. The molecule has 2 aromatic rings. The molecule has 2 rings (SSSR count). The van der Waals surface area contributed by atoms with E-state index >= 15 is 0 Å². The third-order valence-electron chi connectivity index (χ3n) is 3.16. The molecule has 0 unspecified atom stereocenters. The summed E-state index contributed by atoms with van der Waals surface area (Å²) in [5, 5.41) is 22.0. The summed E-state index contributed by atoms with van der Waals surface area (Å²) in [6.07, 6.45) is 0. The van der Waals surface area contributed by atoms with E-state index in [1.165, 1.54) is 10.9 Å². The van der Waals surface area contributed by atoms with Gasteiger partial charge in [0.05, 0.1) is 11.5 Å². The SMILES string of the molecule is CC(C)N(Cc1cccs1)c1ccc([N+](=O)[O-])c(C#N)c1. The summed E-state index contributed by atoms with van der Waals surface area (Å²) in [5.74, 6) is 0. The van der Waals surface area contributed by atoms with Crippen LogP contribution in [-0.4, -0.2) is 11.0 Å². The molecular formula is C15H15N3O2S. The molecule has 0 aliphatic heterocycles. The number of anilines is 1. The Labute approximate surface area is 127 Å². The minimum Gasteiger partial charge on any atom is -0.364 e. The molecule has 0 amide bonds. The van der Waals surface area contributed by atoms with Gasteiger partial charge in [-0.2, -0.15) is 5.26 Å². The van der Waals surface area contributed by atoms with E-state index in [1.54, 1.807) is 23.5 Å². The Morgan fingerprint density at radius 3 is 2.71 bits per heavy atom. The second-order valence-corrected chi connectivity index (χ2v) is 5.90. The normalized spacial score (nSPS) is 10.4. The smallest absolute Gasteiger partial charge is 0.287 e. The maximum Gasteiger partial charge on any atom is 0.287 e. The molecule has 0 aliphatic rings. The minimum absolute atomic E-state index is 0.0920. The Kier molecular flexibility index (Phi) is 4.55. The fourth-order valence-electron chi connectivity index (χ4n) is 2.09. The van der Waals surface area contributed by atoms with E-state index in [-0.39, 0.29) is 17.3 Å². The number of rotatable bonds is 5. The first-order chi connectivity index (χ1) is 10.0. The molecule has 1 heterocycles. The highest BCUT2D eigenvalue weighted by Gasteiger charge is 2.18. The average Bonchev–Trinajstić information content (AvgIpc) is 2.96. The van der Waals surface area contributed by atoms with Crippen molar-refractivity contribution in [2.24, 2.45) is 0 Å². The number of nitro groups is 1. The van der Waals surface area contributed by atoms with Gasteiger partial charge < -0.3 is 4.90 Å². The largest absolute Gasteiger partial charge is 0.364 e. The number of benzene rings is 1. The van der Waals surface area contributed by atoms with Crippen LogP contribution in [-0.2, 0) is 6.54 Å². The van der Waals surface area contributed by atoms with Crippen LogP contribution in [0.15, 0.2) is 35.7 Å². The van der Waals surface area contributed by atoms with Gasteiger partial charge in [-0.25, -0.2) is 0 Å². The van der Waals surface area contributed by atoms with Gasteiger partial charge in [0.2, 0.25) is 0 Å². The van der Waals surface area contributed by atoms with E-state index in [0.29, 0.717) is 0 Å². The van der Waals surface area contributed by atoms with Crippen molar-refractivity contribution < 1.29 is 4.92 Å². The zero-order valence-corrected chi connectivity index (χ0v) is 12.6. The number of hydrogen-bond donors (Lipinski definition) is 0. The van der Waals surface area contributed by atoms with Gasteiger partial charge in [-0.1, -0.05) is 6.07 Å². The zero-order chi connectivity index (χ0) is 15.4. The van der Waals surface area contributed by atoms with Crippen LogP contribution in [0.5, 0.6) is 0 Å². The molecule has 108 valence electrons. The lowest BCUT2D eigenvalue weighted by Gasteiger charge is -2.28. The lowest BCUT2D eigenvalue weighted by atomic mass is 10.1. The molecule has 0 saturated carbocycles. The van der Waals surface area contributed by atoms with Crippen LogP contribution in [0.25, 0.3) is 0 Å². The van der Waals surface area contributed by atoms with Crippen LogP contribution in [0.4, 0.5) is 11.4 Å². The topological polar surface area (TPSA) is 70.2 Å². The number of hydrogen-bond acceptors (Lipinski definition) is 5. The third kappa shape index (κ3) is 3.38. The van der Waals surface area contributed by atoms with Gasteiger partial charge in [0.25, 0.3) is 5.69 Å². The summed E-state index contributed by atoms with van der Waals surface area (Å²) in [4.78, 5) is 13.7. The lowest BCUT2D eigenvalue weighted by molar-refractivity contribution is -0.385. The molecule has 0 atom stereocenters. The number of nitro benzene ring substituents is 1. The summed E-state index contributed by atoms with van der Waals surface area (Å²) >= 11 is 1.67. The van der Waals surface area contributed by atoms with Crippen molar-refractivity contribution in [2.75, 3.05) is 4.90 Å². The fourth-order valence-corrected chi connectivity index (χ4v) is 2.80. The molecule has 1 aromatic carbocycles. The Bertz CT molecular complexity index is 675. The monoisotopic (exact) mass is 301 g/mol. The molecular weight excluding hydrogens is 286 g/mol. The summed E-state index contributed by atoms with van der Waals surface area (Å²) in [6.45, 7) is 4.83. The van der Waals surface area contributed by atoms with E-state index in [4.69, 9.17) is 5.26 Å². The van der Waals surface area contributed by atoms with Gasteiger partial charge in [0.15, 0.2) is 0 Å². The Morgan fingerprint density at radius 2 is 2.19 bits per heavy atom. The van der Waals surface area contributed by atoms with Crippen molar-refractivity contribution in [1.29, 1.82) is 5.26 Å². The predicted molar refractivity (Wildman–Crippen MR) is 83.4 cm³/mol. The van der Waals surface area contributed by atoms with Crippen LogP contribution in [0.3, 0.4) is 0 Å². The zero-order valence-electron chi connectivity index (χ0n) is 11.8. The van der Waals surface area contributed by atoms with Gasteiger partial charge in [0.1, 0.15) is 11.6 Å². The Hall–Kier alpha value is -2.39. The second kappa shape index (κ2) is 6.37. The Balaban J connectivity index is 2.37.